The van der Waals surface area contributed by atoms with E-state index in [2.05, 4.69) is 4.74 Å². The Morgan fingerprint density at radius 1 is 0.242 bits per heavy atom. The third kappa shape index (κ3) is 68.0. The number of aliphatic hydroxyl groups is 4. The number of hydrogen-bond acceptors (Lipinski definition) is 32. The van der Waals surface area contributed by atoms with Crippen LogP contribution >= 0.6 is 11.6 Å². The van der Waals surface area contributed by atoms with Gasteiger partial charge in [0.2, 0.25) is 0 Å². The lowest BCUT2D eigenvalue weighted by atomic mass is 9.92. The van der Waals surface area contributed by atoms with E-state index in [0.717, 1.165) is 0 Å². The molecule has 0 aliphatic carbocycles. The smallest absolute Gasteiger partial charge is 0.332 e. The topological polar surface area (TPSA) is 379 Å². The first kappa shape index (κ1) is 92.0. The maximum Gasteiger partial charge on any atom is 0.332 e. The summed E-state index contributed by atoms with van der Waals surface area (Å²) >= 11 is 5.06. The number of ether oxygens (including phenoxy) is 23. The van der Waals surface area contributed by atoms with Gasteiger partial charge in [0.1, 0.15) is 32.3 Å². The van der Waals surface area contributed by atoms with Crippen LogP contribution in [0.1, 0.15) is 34.6 Å². The molecule has 0 heterocycles. The molecule has 0 saturated heterocycles. The Kier molecular flexibility index (Phi) is 74.9. The fraction of sp³-hybridized carbons (Fsp3) is 0.914. The Labute approximate surface area is 541 Å². The maximum absolute atomic E-state index is 11.5. The highest BCUT2D eigenvalue weighted by molar-refractivity contribution is 6.26. The van der Waals surface area contributed by atoms with E-state index in [1.165, 1.54) is 0 Å². The highest BCUT2D eigenvalue weighted by atomic mass is 35.5. The third-order valence-electron chi connectivity index (χ3n) is 10.4. The molecule has 4 N–H and O–H groups in total. The van der Waals surface area contributed by atoms with Gasteiger partial charge in [-0.3, -0.25) is 4.79 Å². The SMILES string of the molecule is CCOC(=O)CCl.CCOC(=O)COCCOCCOCC(COCCOCC(=O)OCC)(COCCOCC(=O)OCC)COCCOCC(=O)OCC.OCCOCCOCCOCC(COCCOCCO)(COCCOCCO)COCCOCCO. The van der Waals surface area contributed by atoms with Gasteiger partial charge in [-0.05, 0) is 34.6 Å². The van der Waals surface area contributed by atoms with E-state index in [1.807, 2.05) is 0 Å². The Balaban J connectivity index is -0.00000158. The van der Waals surface area contributed by atoms with Crippen molar-refractivity contribution in [1.29, 1.82) is 0 Å². The summed E-state index contributed by atoms with van der Waals surface area (Å²) in [6, 6.07) is 0. The van der Waals surface area contributed by atoms with Gasteiger partial charge in [0.05, 0.1) is 282 Å². The number of carbonyl (C=O) groups excluding carboxylic acids is 5. The minimum absolute atomic E-state index is 0.0217. The molecule has 91 heavy (non-hydrogen) atoms. The average Bonchev–Trinajstić information content (AvgIpc) is 3.21. The number of alkyl halides is 1. The molecule has 542 valence electrons. The second kappa shape index (κ2) is 74.2. The normalized spacial score (nSPS) is 11.4. The molecule has 0 rings (SSSR count). The zero-order valence-corrected chi connectivity index (χ0v) is 55.4. The van der Waals surface area contributed by atoms with Gasteiger partial charge >= 0.3 is 29.8 Å². The van der Waals surface area contributed by atoms with Gasteiger partial charge in [-0.2, -0.15) is 0 Å². The number of hydrogen-bond donors (Lipinski definition) is 4. The van der Waals surface area contributed by atoms with Gasteiger partial charge in [-0.15, -0.1) is 11.6 Å². The number of aliphatic hydroxyl groups excluding tert-OH is 4. The van der Waals surface area contributed by atoms with E-state index < -0.39 is 34.7 Å². The summed E-state index contributed by atoms with van der Waals surface area (Å²) in [5, 5.41) is 35.2. The number of halogens is 1. The molecule has 0 aliphatic rings. The summed E-state index contributed by atoms with van der Waals surface area (Å²) in [6.07, 6.45) is 0. The van der Waals surface area contributed by atoms with E-state index in [9.17, 15) is 24.0 Å². The predicted molar refractivity (Wildman–Crippen MR) is 322 cm³/mol. The summed E-state index contributed by atoms with van der Waals surface area (Å²) < 4.78 is 124. The summed E-state index contributed by atoms with van der Waals surface area (Å²) in [6.45, 7) is 17.3. The minimum Gasteiger partial charge on any atom is -0.465 e. The van der Waals surface area contributed by atoms with Crippen LogP contribution in [-0.4, -0.2) is 353 Å². The zero-order valence-electron chi connectivity index (χ0n) is 54.6. The van der Waals surface area contributed by atoms with Gasteiger partial charge in [0.25, 0.3) is 0 Å². The van der Waals surface area contributed by atoms with Crippen molar-refractivity contribution in [3.63, 3.8) is 0 Å². The van der Waals surface area contributed by atoms with Gasteiger partial charge in [0.15, 0.2) is 0 Å². The largest absolute Gasteiger partial charge is 0.465 e. The van der Waals surface area contributed by atoms with E-state index in [0.29, 0.717) is 72.7 Å². The summed E-state index contributed by atoms with van der Waals surface area (Å²) in [5.74, 6) is -2.25. The monoisotopic (exact) mass is 1350 g/mol. The molecule has 0 atom stereocenters. The highest BCUT2D eigenvalue weighted by Gasteiger charge is 2.34. The van der Waals surface area contributed by atoms with Crippen molar-refractivity contribution in [3.05, 3.63) is 0 Å². The molecule has 0 aromatic carbocycles. The molecule has 0 aliphatic heterocycles. The maximum atomic E-state index is 11.5. The minimum atomic E-state index is -0.813. The molecular weight excluding hydrogens is 1240 g/mol. The molecule has 32 nitrogen and oxygen atoms in total. The van der Waals surface area contributed by atoms with Crippen molar-refractivity contribution in [2.45, 2.75) is 34.6 Å². The van der Waals surface area contributed by atoms with Crippen molar-refractivity contribution in [2.24, 2.45) is 10.8 Å². The van der Waals surface area contributed by atoms with Crippen LogP contribution in [0.3, 0.4) is 0 Å². The quantitative estimate of drug-likeness (QED) is 0.0252. The van der Waals surface area contributed by atoms with E-state index in [4.69, 9.17) is 136 Å². The second-order valence-electron chi connectivity index (χ2n) is 18.4. The Bertz CT molecular complexity index is 1460. The van der Waals surface area contributed by atoms with Gasteiger partial charge < -0.3 is 129 Å². The van der Waals surface area contributed by atoms with Crippen molar-refractivity contribution in [2.75, 3.05) is 303 Å². The molecule has 0 spiro atoms. The van der Waals surface area contributed by atoms with Crippen LogP contribution in [0.25, 0.3) is 0 Å². The van der Waals surface area contributed by atoms with Crippen LogP contribution in [0.2, 0.25) is 0 Å². The molecule has 0 bridgehead atoms. The zero-order chi connectivity index (χ0) is 67.7. The summed E-state index contributed by atoms with van der Waals surface area (Å²) in [4.78, 5) is 55.9. The number of esters is 5. The number of rotatable bonds is 68. The first-order chi connectivity index (χ1) is 44.4. The van der Waals surface area contributed by atoms with Gasteiger partial charge in [0, 0.05) is 0 Å². The lowest BCUT2D eigenvalue weighted by Gasteiger charge is -2.33. The van der Waals surface area contributed by atoms with Crippen LogP contribution in [0, 0.1) is 10.8 Å². The second-order valence-corrected chi connectivity index (χ2v) is 18.6. The van der Waals surface area contributed by atoms with Crippen LogP contribution in [0.15, 0.2) is 0 Å². The molecule has 0 aromatic heterocycles. The standard InChI is InChI=1S/C31H56O17.C23H48O13.C4H7ClO2/c1-5-45-27(32)19-37-11-9-36-10-15-41-23-31(24-42-16-12-38-20-28(33)46-6-2,25-43-17-13-39-21-29(34)47-7-3)26-44-18-14-40-22-30(35)48-8-4;24-1-5-28-9-10-32-14-18-36-22-23(19-33-15-11-29-6-2-25,20-34-16-12-30-7-3-26)21-35-17-13-31-8-4-27;1-2-7-4(6)3-5/h5-26H2,1-4H3;24-27H,1-22H2;2-3H2,1H3. The van der Waals surface area contributed by atoms with E-state index in [1.54, 1.807) is 34.6 Å². The molecule has 0 radical (unpaired) electrons. The summed E-state index contributed by atoms with van der Waals surface area (Å²) in [5.41, 5.74) is -1.44. The molecule has 0 amide bonds. The predicted octanol–water partition coefficient (Wildman–Crippen LogP) is -0.746. The number of carbonyl (C=O) groups is 5. The molecular formula is C58H111ClO32. The van der Waals surface area contributed by atoms with E-state index in [-0.39, 0.29) is 236 Å². The molecule has 0 fully saturated rings. The molecule has 0 unspecified atom stereocenters. The van der Waals surface area contributed by atoms with Crippen LogP contribution in [0.5, 0.6) is 0 Å². The van der Waals surface area contributed by atoms with Crippen molar-refractivity contribution >= 4 is 41.4 Å². The molecule has 0 saturated carbocycles. The van der Waals surface area contributed by atoms with Crippen LogP contribution in [0.4, 0.5) is 0 Å². The van der Waals surface area contributed by atoms with Crippen molar-refractivity contribution in [3.8, 4) is 0 Å². The summed E-state index contributed by atoms with van der Waals surface area (Å²) in [7, 11) is 0. The van der Waals surface area contributed by atoms with Gasteiger partial charge in [-0.1, -0.05) is 0 Å². The van der Waals surface area contributed by atoms with Crippen molar-refractivity contribution in [1.82, 2.24) is 0 Å². The highest BCUT2D eigenvalue weighted by Crippen LogP contribution is 2.22. The fourth-order valence-electron chi connectivity index (χ4n) is 6.49. The van der Waals surface area contributed by atoms with Crippen LogP contribution in [-0.2, 0) is 133 Å². The van der Waals surface area contributed by atoms with Gasteiger partial charge in [-0.25, -0.2) is 19.2 Å². The van der Waals surface area contributed by atoms with E-state index >= 15 is 0 Å². The third-order valence-corrected chi connectivity index (χ3v) is 10.7. The lowest BCUT2D eigenvalue weighted by molar-refractivity contribution is -0.151. The average molecular weight is 1360 g/mol. The Morgan fingerprint density at radius 2 is 0.396 bits per heavy atom. The first-order valence-corrected chi connectivity index (χ1v) is 31.1. The Morgan fingerprint density at radius 3 is 0.549 bits per heavy atom. The van der Waals surface area contributed by atoms with Crippen molar-refractivity contribution < 1.29 is 153 Å². The molecule has 33 heteroatoms. The van der Waals surface area contributed by atoms with Crippen LogP contribution < -0.4 is 0 Å². The molecule has 0 aromatic rings. The first-order valence-electron chi connectivity index (χ1n) is 30.5. The fourth-order valence-corrected chi connectivity index (χ4v) is 6.57. The lowest BCUT2D eigenvalue weighted by Crippen LogP contribution is -2.43. The Hall–Kier alpha value is -3.24.